The van der Waals surface area contributed by atoms with Gasteiger partial charge in [-0.05, 0) is 12.5 Å². The summed E-state index contributed by atoms with van der Waals surface area (Å²) in [5.41, 5.74) is 1.98. The third kappa shape index (κ3) is 2.84. The monoisotopic (exact) mass is 234 g/mol. The highest BCUT2D eigenvalue weighted by molar-refractivity contribution is 5.75. The molecule has 0 saturated carbocycles. The zero-order chi connectivity index (χ0) is 12.3. The van der Waals surface area contributed by atoms with Crippen molar-refractivity contribution in [2.24, 2.45) is 0 Å². The van der Waals surface area contributed by atoms with Gasteiger partial charge in [-0.1, -0.05) is 29.8 Å². The molecule has 4 heteroatoms. The van der Waals surface area contributed by atoms with E-state index in [1.807, 2.05) is 36.1 Å². The number of carboxylic acid groups (broad SMARTS) is 1. The molecule has 0 unspecified atom stereocenters. The third-order valence-electron chi connectivity index (χ3n) is 3.11. The molecule has 0 spiro atoms. The molecule has 17 heavy (non-hydrogen) atoms. The Labute approximate surface area is 101 Å². The molecule has 1 atom stereocenters. The molecule has 1 aromatic rings. The second-order valence-corrected chi connectivity index (χ2v) is 4.44. The Morgan fingerprint density at radius 3 is 2.71 bits per heavy atom. The van der Waals surface area contributed by atoms with Crippen molar-refractivity contribution in [2.45, 2.75) is 13.0 Å². The van der Waals surface area contributed by atoms with Gasteiger partial charge in [-0.3, -0.25) is 9.69 Å². The van der Waals surface area contributed by atoms with E-state index in [9.17, 15) is 9.90 Å². The van der Waals surface area contributed by atoms with Crippen LogP contribution in [0.4, 0.5) is 0 Å². The van der Waals surface area contributed by atoms with E-state index < -0.39 is 12.0 Å². The normalized spacial score (nSPS) is 18.9. The minimum atomic E-state index is -0.766. The highest BCUT2D eigenvalue weighted by Crippen LogP contribution is 2.22. The first kappa shape index (κ1) is 12.1. The molecule has 0 radical (unpaired) electrons. The van der Waals surface area contributed by atoms with E-state index >= 15 is 0 Å². The van der Waals surface area contributed by atoms with Crippen LogP contribution in [0, 0.1) is 6.92 Å². The molecular formula is C13H18N2O2. The van der Waals surface area contributed by atoms with Gasteiger partial charge >= 0.3 is 5.97 Å². The van der Waals surface area contributed by atoms with Crippen LogP contribution in [-0.4, -0.2) is 42.2 Å². The Morgan fingerprint density at radius 1 is 1.41 bits per heavy atom. The van der Waals surface area contributed by atoms with Crippen molar-refractivity contribution in [2.75, 3.05) is 26.2 Å². The van der Waals surface area contributed by atoms with Gasteiger partial charge < -0.3 is 10.4 Å². The summed E-state index contributed by atoms with van der Waals surface area (Å²) >= 11 is 0. The lowest BCUT2D eigenvalue weighted by Gasteiger charge is -2.32. The van der Waals surface area contributed by atoms with Gasteiger partial charge in [0.05, 0.1) is 0 Å². The van der Waals surface area contributed by atoms with E-state index in [1.165, 1.54) is 0 Å². The van der Waals surface area contributed by atoms with Gasteiger partial charge in [-0.15, -0.1) is 0 Å². The van der Waals surface area contributed by atoms with Crippen molar-refractivity contribution < 1.29 is 9.90 Å². The molecule has 0 bridgehead atoms. The number of nitrogens with one attached hydrogen (secondary N) is 1. The molecule has 1 aliphatic heterocycles. The maximum atomic E-state index is 11.4. The highest BCUT2D eigenvalue weighted by Gasteiger charge is 2.28. The van der Waals surface area contributed by atoms with Gasteiger partial charge in [0.2, 0.25) is 0 Å². The number of rotatable bonds is 3. The van der Waals surface area contributed by atoms with E-state index in [1.54, 1.807) is 0 Å². The molecule has 0 amide bonds. The van der Waals surface area contributed by atoms with Gasteiger partial charge in [0.1, 0.15) is 6.04 Å². The maximum absolute atomic E-state index is 11.4. The fraction of sp³-hybridized carbons (Fsp3) is 0.462. The largest absolute Gasteiger partial charge is 0.480 e. The number of hydrogen-bond acceptors (Lipinski definition) is 3. The van der Waals surface area contributed by atoms with Gasteiger partial charge in [0.25, 0.3) is 0 Å². The Balaban J connectivity index is 2.25. The Hall–Kier alpha value is -1.39. The number of carbonyl (C=O) groups is 1. The van der Waals surface area contributed by atoms with Crippen LogP contribution in [0.15, 0.2) is 24.3 Å². The second-order valence-electron chi connectivity index (χ2n) is 4.44. The van der Waals surface area contributed by atoms with Crippen LogP contribution in [0.25, 0.3) is 0 Å². The standard InChI is InChI=1S/C13H18N2O2/c1-10-3-2-4-11(9-10)12(13(16)17)15-7-5-14-6-8-15/h2-4,9,12,14H,5-8H2,1H3,(H,16,17)/t12-/m1/s1. The maximum Gasteiger partial charge on any atom is 0.325 e. The topological polar surface area (TPSA) is 52.6 Å². The van der Waals surface area contributed by atoms with Crippen molar-refractivity contribution in [3.8, 4) is 0 Å². The molecule has 92 valence electrons. The summed E-state index contributed by atoms with van der Waals surface area (Å²) < 4.78 is 0. The van der Waals surface area contributed by atoms with Crippen molar-refractivity contribution in [3.05, 3.63) is 35.4 Å². The van der Waals surface area contributed by atoms with Crippen LogP contribution in [0.1, 0.15) is 17.2 Å². The van der Waals surface area contributed by atoms with E-state index in [2.05, 4.69) is 5.32 Å². The van der Waals surface area contributed by atoms with Crippen molar-refractivity contribution in [3.63, 3.8) is 0 Å². The van der Waals surface area contributed by atoms with E-state index in [-0.39, 0.29) is 0 Å². The number of nitrogens with zero attached hydrogens (tertiary/aromatic N) is 1. The number of hydrogen-bond donors (Lipinski definition) is 2. The van der Waals surface area contributed by atoms with Crippen LogP contribution in [0.5, 0.6) is 0 Å². The Morgan fingerprint density at radius 2 is 2.12 bits per heavy atom. The molecule has 1 aliphatic rings. The van der Waals surface area contributed by atoms with E-state index in [0.29, 0.717) is 0 Å². The summed E-state index contributed by atoms with van der Waals surface area (Å²) in [5.74, 6) is -0.766. The molecule has 2 rings (SSSR count). The first-order valence-electron chi connectivity index (χ1n) is 5.92. The molecule has 0 aliphatic carbocycles. The summed E-state index contributed by atoms with van der Waals surface area (Å²) in [4.78, 5) is 13.5. The predicted molar refractivity (Wildman–Crippen MR) is 66.0 cm³/mol. The second kappa shape index (κ2) is 5.29. The van der Waals surface area contributed by atoms with Gasteiger partial charge in [0, 0.05) is 26.2 Å². The average Bonchev–Trinajstić information content (AvgIpc) is 2.30. The lowest BCUT2D eigenvalue weighted by molar-refractivity contribution is -0.143. The molecular weight excluding hydrogens is 216 g/mol. The minimum absolute atomic E-state index is 0.517. The summed E-state index contributed by atoms with van der Waals surface area (Å²) in [5, 5.41) is 12.6. The minimum Gasteiger partial charge on any atom is -0.480 e. The van der Waals surface area contributed by atoms with Gasteiger partial charge in [0.15, 0.2) is 0 Å². The quantitative estimate of drug-likeness (QED) is 0.820. The van der Waals surface area contributed by atoms with Gasteiger partial charge in [-0.25, -0.2) is 0 Å². The Bertz CT molecular complexity index is 400. The molecule has 1 saturated heterocycles. The number of aliphatic carboxylic acids is 1. The fourth-order valence-corrected chi connectivity index (χ4v) is 2.29. The molecule has 2 N–H and O–H groups in total. The molecule has 1 aromatic carbocycles. The van der Waals surface area contributed by atoms with Crippen molar-refractivity contribution in [1.29, 1.82) is 0 Å². The molecule has 1 fully saturated rings. The van der Waals surface area contributed by atoms with Crippen LogP contribution in [-0.2, 0) is 4.79 Å². The lowest BCUT2D eigenvalue weighted by atomic mass is 10.0. The first-order chi connectivity index (χ1) is 8.18. The number of piperazine rings is 1. The van der Waals surface area contributed by atoms with Crippen molar-refractivity contribution in [1.82, 2.24) is 10.2 Å². The van der Waals surface area contributed by atoms with E-state index in [4.69, 9.17) is 0 Å². The van der Waals surface area contributed by atoms with Gasteiger partial charge in [-0.2, -0.15) is 0 Å². The summed E-state index contributed by atoms with van der Waals surface area (Å²) in [6.45, 7) is 5.27. The summed E-state index contributed by atoms with van der Waals surface area (Å²) in [6, 6.07) is 7.24. The van der Waals surface area contributed by atoms with E-state index in [0.717, 1.165) is 37.3 Å². The van der Waals surface area contributed by atoms with Crippen LogP contribution >= 0.6 is 0 Å². The predicted octanol–water partition coefficient (Wildman–Crippen LogP) is 1.03. The van der Waals surface area contributed by atoms with Crippen LogP contribution in [0.2, 0.25) is 0 Å². The highest BCUT2D eigenvalue weighted by atomic mass is 16.4. The van der Waals surface area contributed by atoms with Crippen LogP contribution < -0.4 is 5.32 Å². The summed E-state index contributed by atoms with van der Waals surface area (Å²) in [7, 11) is 0. The average molecular weight is 234 g/mol. The molecule has 1 heterocycles. The zero-order valence-corrected chi connectivity index (χ0v) is 10.0. The van der Waals surface area contributed by atoms with Crippen LogP contribution in [0.3, 0.4) is 0 Å². The third-order valence-corrected chi connectivity index (χ3v) is 3.11. The summed E-state index contributed by atoms with van der Waals surface area (Å²) in [6.07, 6.45) is 0. The first-order valence-corrected chi connectivity index (χ1v) is 5.92. The fourth-order valence-electron chi connectivity index (χ4n) is 2.29. The smallest absolute Gasteiger partial charge is 0.325 e. The number of aryl methyl sites for hydroxylation is 1. The zero-order valence-electron chi connectivity index (χ0n) is 10.0. The van der Waals surface area contributed by atoms with Crippen molar-refractivity contribution >= 4 is 5.97 Å². The number of carboxylic acids is 1. The molecule has 4 nitrogen and oxygen atoms in total. The lowest BCUT2D eigenvalue weighted by Crippen LogP contribution is -2.47. The number of benzene rings is 1. The molecule has 0 aromatic heterocycles. The Kier molecular flexibility index (Phi) is 3.76. The SMILES string of the molecule is Cc1cccc([C@H](C(=O)O)N2CCNCC2)c1.